The van der Waals surface area contributed by atoms with Gasteiger partial charge in [-0.05, 0) is 29.1 Å². The molecule has 1 aliphatic heterocycles. The fourth-order valence-corrected chi connectivity index (χ4v) is 3.87. The third kappa shape index (κ3) is 4.99. The quantitative estimate of drug-likeness (QED) is 0.645. The molecule has 0 aliphatic carbocycles. The number of piperazine rings is 1. The highest BCUT2D eigenvalue weighted by Crippen LogP contribution is 2.13. The van der Waals surface area contributed by atoms with Gasteiger partial charge in [0.2, 0.25) is 5.91 Å². The number of rotatable bonds is 4. The highest BCUT2D eigenvalue weighted by atomic mass is 35.5. The van der Waals surface area contributed by atoms with Crippen molar-refractivity contribution < 1.29 is 4.79 Å². The van der Waals surface area contributed by atoms with Gasteiger partial charge < -0.3 is 15.1 Å². The van der Waals surface area contributed by atoms with Crippen molar-refractivity contribution in [3.05, 3.63) is 57.2 Å². The van der Waals surface area contributed by atoms with Crippen LogP contribution in [-0.4, -0.2) is 54.9 Å². The van der Waals surface area contributed by atoms with Crippen molar-refractivity contribution in [1.29, 1.82) is 0 Å². The van der Waals surface area contributed by atoms with Gasteiger partial charge in [-0.3, -0.25) is 9.79 Å². The summed E-state index contributed by atoms with van der Waals surface area (Å²) in [5.74, 6) is 1.04. The number of carbonyl (C=O) groups is 1. The van der Waals surface area contributed by atoms with Crippen molar-refractivity contribution in [1.82, 2.24) is 15.1 Å². The lowest BCUT2D eigenvalue weighted by Crippen LogP contribution is -2.53. The predicted molar refractivity (Wildman–Crippen MR) is 108 cm³/mol. The highest BCUT2D eigenvalue weighted by molar-refractivity contribution is 7.09. The van der Waals surface area contributed by atoms with E-state index in [0.29, 0.717) is 24.5 Å². The van der Waals surface area contributed by atoms with Crippen LogP contribution in [0.15, 0.2) is 46.8 Å². The summed E-state index contributed by atoms with van der Waals surface area (Å²) in [6.45, 7) is 3.76. The molecule has 1 saturated heterocycles. The van der Waals surface area contributed by atoms with Gasteiger partial charge >= 0.3 is 0 Å². The summed E-state index contributed by atoms with van der Waals surface area (Å²) in [6, 6.07) is 11.7. The van der Waals surface area contributed by atoms with Crippen LogP contribution in [0.3, 0.4) is 0 Å². The van der Waals surface area contributed by atoms with Crippen LogP contribution in [0.2, 0.25) is 5.02 Å². The minimum Gasteiger partial charge on any atom is -0.351 e. The summed E-state index contributed by atoms with van der Waals surface area (Å²) in [6.07, 6.45) is 0.395. The number of nitrogens with zero attached hydrogens (tertiary/aromatic N) is 3. The molecule has 3 rings (SSSR count). The molecule has 1 aromatic heterocycles. The van der Waals surface area contributed by atoms with Gasteiger partial charge in [0.15, 0.2) is 5.96 Å². The minimum absolute atomic E-state index is 0.147. The van der Waals surface area contributed by atoms with Gasteiger partial charge in [-0.1, -0.05) is 29.8 Å². The predicted octanol–water partition coefficient (Wildman–Crippen LogP) is 2.86. The summed E-state index contributed by atoms with van der Waals surface area (Å²) in [5, 5.41) is 6.14. The van der Waals surface area contributed by atoms with E-state index in [0.717, 1.165) is 31.2 Å². The van der Waals surface area contributed by atoms with Gasteiger partial charge in [-0.25, -0.2) is 0 Å². The van der Waals surface area contributed by atoms with E-state index in [1.165, 1.54) is 4.88 Å². The number of guanidine groups is 1. The number of halogens is 1. The van der Waals surface area contributed by atoms with Gasteiger partial charge in [-0.2, -0.15) is 0 Å². The van der Waals surface area contributed by atoms with Crippen LogP contribution in [0.4, 0.5) is 0 Å². The molecule has 0 atom stereocenters. The van der Waals surface area contributed by atoms with E-state index in [2.05, 4.69) is 32.7 Å². The van der Waals surface area contributed by atoms with Gasteiger partial charge in [-0.15, -0.1) is 11.3 Å². The number of benzene rings is 1. The second kappa shape index (κ2) is 9.05. The zero-order valence-corrected chi connectivity index (χ0v) is 16.4. The second-order valence-corrected chi connectivity index (χ2v) is 7.62. The van der Waals surface area contributed by atoms with Gasteiger partial charge in [0, 0.05) is 43.1 Å². The van der Waals surface area contributed by atoms with E-state index >= 15 is 0 Å². The molecule has 1 fully saturated rings. The van der Waals surface area contributed by atoms with Crippen LogP contribution in [0.5, 0.6) is 0 Å². The minimum atomic E-state index is 0.147. The summed E-state index contributed by atoms with van der Waals surface area (Å²) in [7, 11) is 1.80. The maximum atomic E-state index is 12.5. The smallest absolute Gasteiger partial charge is 0.227 e. The molecule has 1 aliphatic rings. The van der Waals surface area contributed by atoms with Crippen molar-refractivity contribution in [3.63, 3.8) is 0 Å². The first-order valence-electron chi connectivity index (χ1n) is 8.66. The summed E-state index contributed by atoms with van der Waals surface area (Å²) < 4.78 is 0. The molecule has 1 amide bonds. The third-order valence-electron chi connectivity index (χ3n) is 4.39. The van der Waals surface area contributed by atoms with E-state index in [-0.39, 0.29) is 5.91 Å². The number of nitrogens with one attached hydrogen (secondary N) is 1. The van der Waals surface area contributed by atoms with Crippen molar-refractivity contribution in [3.8, 4) is 0 Å². The molecule has 5 nitrogen and oxygen atoms in total. The molecule has 0 saturated carbocycles. The van der Waals surface area contributed by atoms with Crippen LogP contribution in [0.25, 0.3) is 0 Å². The zero-order valence-electron chi connectivity index (χ0n) is 14.8. The summed E-state index contributed by atoms with van der Waals surface area (Å²) >= 11 is 7.73. The number of amides is 1. The first kappa shape index (κ1) is 18.7. The highest BCUT2D eigenvalue weighted by Gasteiger charge is 2.23. The number of hydrogen-bond donors (Lipinski definition) is 1. The Labute approximate surface area is 163 Å². The molecular weight excluding hydrogens is 368 g/mol. The van der Waals surface area contributed by atoms with Crippen molar-refractivity contribution in [2.75, 3.05) is 33.2 Å². The number of aliphatic imine (C=N–C) groups is 1. The fourth-order valence-electron chi connectivity index (χ4n) is 3.01. The van der Waals surface area contributed by atoms with Crippen molar-refractivity contribution in [2.45, 2.75) is 13.0 Å². The van der Waals surface area contributed by atoms with E-state index in [9.17, 15) is 4.79 Å². The number of carbonyl (C=O) groups excluding carboxylic acids is 1. The molecule has 0 spiro atoms. The maximum absolute atomic E-state index is 12.5. The summed E-state index contributed by atoms with van der Waals surface area (Å²) in [5.41, 5.74) is 0.957. The standard InChI is InChI=1S/C19H23ClN4OS/c1-21-19(22-14-17-6-3-11-26-17)24-9-7-23(8-10-24)18(25)13-15-4-2-5-16(20)12-15/h2-6,11-12H,7-10,13-14H2,1H3,(H,21,22). The molecule has 0 unspecified atom stereocenters. The normalized spacial score (nSPS) is 15.2. The second-order valence-electron chi connectivity index (χ2n) is 6.15. The average Bonchev–Trinajstić information content (AvgIpc) is 3.16. The molecule has 0 bridgehead atoms. The molecule has 0 radical (unpaired) electrons. The van der Waals surface area contributed by atoms with Crippen molar-refractivity contribution >= 4 is 34.8 Å². The molecule has 7 heteroatoms. The van der Waals surface area contributed by atoms with E-state index in [4.69, 9.17) is 11.6 Å². The van der Waals surface area contributed by atoms with E-state index in [1.54, 1.807) is 18.4 Å². The molecule has 2 aromatic rings. The van der Waals surface area contributed by atoms with Crippen LogP contribution < -0.4 is 5.32 Å². The molecular formula is C19H23ClN4OS. The van der Waals surface area contributed by atoms with Crippen LogP contribution in [0.1, 0.15) is 10.4 Å². The third-order valence-corrected chi connectivity index (χ3v) is 5.50. The largest absolute Gasteiger partial charge is 0.351 e. The lowest BCUT2D eigenvalue weighted by atomic mass is 10.1. The van der Waals surface area contributed by atoms with Crippen LogP contribution >= 0.6 is 22.9 Å². The Morgan fingerprint density at radius 1 is 1.19 bits per heavy atom. The fraction of sp³-hybridized carbons (Fsp3) is 0.368. The maximum Gasteiger partial charge on any atom is 0.227 e. The Morgan fingerprint density at radius 3 is 2.62 bits per heavy atom. The van der Waals surface area contributed by atoms with E-state index < -0.39 is 0 Å². The Kier molecular flexibility index (Phi) is 6.52. The zero-order chi connectivity index (χ0) is 18.4. The van der Waals surface area contributed by atoms with Gasteiger partial charge in [0.05, 0.1) is 13.0 Å². The first-order valence-corrected chi connectivity index (χ1v) is 9.91. The number of hydrogen-bond acceptors (Lipinski definition) is 3. The van der Waals surface area contributed by atoms with E-state index in [1.807, 2.05) is 29.2 Å². The van der Waals surface area contributed by atoms with Crippen molar-refractivity contribution in [2.24, 2.45) is 4.99 Å². The SMILES string of the molecule is CN=C(NCc1cccs1)N1CCN(C(=O)Cc2cccc(Cl)c2)CC1. The topological polar surface area (TPSA) is 47.9 Å². The Bertz CT molecular complexity index is 755. The first-order chi connectivity index (χ1) is 12.7. The summed E-state index contributed by atoms with van der Waals surface area (Å²) in [4.78, 5) is 22.3. The molecule has 138 valence electrons. The Morgan fingerprint density at radius 2 is 1.96 bits per heavy atom. The Balaban J connectivity index is 1.49. The monoisotopic (exact) mass is 390 g/mol. The molecule has 1 aromatic carbocycles. The lowest BCUT2D eigenvalue weighted by molar-refractivity contribution is -0.131. The average molecular weight is 391 g/mol. The van der Waals surface area contributed by atoms with Crippen LogP contribution in [0, 0.1) is 0 Å². The molecule has 2 heterocycles. The lowest BCUT2D eigenvalue weighted by Gasteiger charge is -2.36. The Hall–Kier alpha value is -2.05. The molecule has 1 N–H and O–H groups in total. The van der Waals surface area contributed by atoms with Gasteiger partial charge in [0.25, 0.3) is 0 Å². The number of thiophene rings is 1. The van der Waals surface area contributed by atoms with Gasteiger partial charge in [0.1, 0.15) is 0 Å². The molecule has 26 heavy (non-hydrogen) atoms. The van der Waals surface area contributed by atoms with Crippen LogP contribution in [-0.2, 0) is 17.8 Å².